The van der Waals surface area contributed by atoms with Crippen LogP contribution in [0.25, 0.3) is 11.1 Å². The Hall–Kier alpha value is -1.11. The van der Waals surface area contributed by atoms with Crippen molar-refractivity contribution >= 4 is 23.0 Å². The third-order valence-electron chi connectivity index (χ3n) is 3.06. The fourth-order valence-electron chi connectivity index (χ4n) is 2.29. The van der Waals surface area contributed by atoms with E-state index in [-0.39, 0.29) is 5.75 Å². The van der Waals surface area contributed by atoms with Crippen molar-refractivity contribution in [1.29, 1.82) is 0 Å². The Morgan fingerprint density at radius 3 is 2.47 bits per heavy atom. The van der Waals surface area contributed by atoms with Gasteiger partial charge in [-0.15, -0.1) is 0 Å². The van der Waals surface area contributed by atoms with Crippen molar-refractivity contribution in [1.82, 2.24) is 0 Å². The molecule has 17 heavy (non-hydrogen) atoms. The molecule has 2 aromatic carbocycles. The standard InChI is InChI=1S/C13H9IO3/c14-17-13(16)11-4-2-1-3-9(11)10-7-8(15)5-6-12(10)13/h1-7,15-16H. The molecule has 1 unspecified atom stereocenters. The van der Waals surface area contributed by atoms with E-state index < -0.39 is 5.79 Å². The molecular formula is C13H9IO3. The van der Waals surface area contributed by atoms with Crippen LogP contribution < -0.4 is 0 Å². The third kappa shape index (κ3) is 1.41. The number of hydrogen-bond donors (Lipinski definition) is 2. The molecule has 0 saturated heterocycles. The first-order valence-electron chi connectivity index (χ1n) is 5.12. The maximum absolute atomic E-state index is 10.6. The van der Waals surface area contributed by atoms with E-state index in [4.69, 9.17) is 3.07 Å². The van der Waals surface area contributed by atoms with Crippen LogP contribution in [0, 0.1) is 0 Å². The predicted octanol–water partition coefficient (Wildman–Crippen LogP) is 2.93. The highest BCUT2D eigenvalue weighted by Crippen LogP contribution is 2.49. The number of aromatic hydroxyl groups is 1. The van der Waals surface area contributed by atoms with Crippen molar-refractivity contribution in [2.45, 2.75) is 5.79 Å². The van der Waals surface area contributed by atoms with Crippen LogP contribution in [0.1, 0.15) is 11.1 Å². The largest absolute Gasteiger partial charge is 0.508 e. The van der Waals surface area contributed by atoms with Gasteiger partial charge in [0.15, 0.2) is 0 Å². The zero-order chi connectivity index (χ0) is 12.0. The fraction of sp³-hybridized carbons (Fsp3) is 0.0769. The van der Waals surface area contributed by atoms with Gasteiger partial charge in [-0.1, -0.05) is 24.3 Å². The van der Waals surface area contributed by atoms with Gasteiger partial charge < -0.3 is 10.2 Å². The van der Waals surface area contributed by atoms with Gasteiger partial charge >= 0.3 is 0 Å². The maximum Gasteiger partial charge on any atom is 0.231 e. The molecule has 2 aromatic rings. The monoisotopic (exact) mass is 340 g/mol. The average Bonchev–Trinajstić information content (AvgIpc) is 2.61. The highest BCUT2D eigenvalue weighted by atomic mass is 127. The molecule has 0 heterocycles. The molecule has 0 amide bonds. The summed E-state index contributed by atoms with van der Waals surface area (Å²) in [7, 11) is 0. The van der Waals surface area contributed by atoms with Gasteiger partial charge in [-0.05, 0) is 29.3 Å². The van der Waals surface area contributed by atoms with Crippen LogP contribution in [0.2, 0.25) is 0 Å². The van der Waals surface area contributed by atoms with Crippen LogP contribution >= 0.6 is 23.0 Å². The topological polar surface area (TPSA) is 49.7 Å². The number of phenolic OH excluding ortho intramolecular Hbond substituents is 1. The van der Waals surface area contributed by atoms with Gasteiger partial charge in [0.2, 0.25) is 5.79 Å². The molecule has 0 bridgehead atoms. The van der Waals surface area contributed by atoms with Crippen LogP contribution in [0.5, 0.6) is 5.75 Å². The number of phenols is 1. The SMILES string of the molecule is Oc1ccc2c(c1)-c1ccccc1C2(O)OI. The fourth-order valence-corrected chi connectivity index (χ4v) is 2.77. The summed E-state index contributed by atoms with van der Waals surface area (Å²) in [4.78, 5) is 0. The van der Waals surface area contributed by atoms with E-state index in [1.165, 1.54) is 0 Å². The second-order valence-electron chi connectivity index (χ2n) is 4.00. The summed E-state index contributed by atoms with van der Waals surface area (Å²) in [5.74, 6) is -1.25. The minimum Gasteiger partial charge on any atom is -0.508 e. The Kier molecular flexibility index (Phi) is 2.39. The molecule has 0 spiro atoms. The first-order valence-corrected chi connectivity index (χ1v) is 6.00. The van der Waals surface area contributed by atoms with Crippen molar-refractivity contribution in [3.05, 3.63) is 53.6 Å². The number of halogens is 1. The molecule has 2 N–H and O–H groups in total. The molecule has 3 rings (SSSR count). The lowest BCUT2D eigenvalue weighted by Crippen LogP contribution is -2.24. The van der Waals surface area contributed by atoms with Crippen LogP contribution in [-0.2, 0) is 8.85 Å². The molecule has 1 aliphatic rings. The lowest BCUT2D eigenvalue weighted by Gasteiger charge is -2.21. The molecule has 0 aliphatic heterocycles. The van der Waals surface area contributed by atoms with Gasteiger partial charge in [0.05, 0.1) is 0 Å². The van der Waals surface area contributed by atoms with Gasteiger partial charge in [0, 0.05) is 11.1 Å². The van der Waals surface area contributed by atoms with E-state index in [0.717, 1.165) is 11.1 Å². The minimum atomic E-state index is -1.43. The molecule has 3 nitrogen and oxygen atoms in total. The number of benzene rings is 2. The molecule has 0 saturated carbocycles. The molecule has 0 aromatic heterocycles. The summed E-state index contributed by atoms with van der Waals surface area (Å²) < 4.78 is 5.24. The second kappa shape index (κ2) is 3.69. The normalized spacial score (nSPS) is 21.1. The lowest BCUT2D eigenvalue weighted by molar-refractivity contribution is -0.0731. The zero-order valence-corrected chi connectivity index (χ0v) is 10.9. The van der Waals surface area contributed by atoms with Crippen molar-refractivity contribution in [3.8, 4) is 16.9 Å². The Morgan fingerprint density at radius 1 is 1.00 bits per heavy atom. The Balaban J connectivity index is 2.38. The number of hydrogen-bond acceptors (Lipinski definition) is 3. The Bertz CT molecular complexity index is 597. The summed E-state index contributed by atoms with van der Waals surface area (Å²) in [5.41, 5.74) is 3.05. The van der Waals surface area contributed by atoms with Gasteiger partial charge in [-0.25, -0.2) is 0 Å². The van der Waals surface area contributed by atoms with E-state index in [2.05, 4.69) is 0 Å². The molecular weight excluding hydrogens is 331 g/mol. The molecule has 0 fully saturated rings. The van der Waals surface area contributed by atoms with Crippen molar-refractivity contribution in [2.24, 2.45) is 0 Å². The van der Waals surface area contributed by atoms with Crippen molar-refractivity contribution in [2.75, 3.05) is 0 Å². The summed E-state index contributed by atoms with van der Waals surface area (Å²) in [6, 6.07) is 12.3. The quantitative estimate of drug-likeness (QED) is 0.620. The smallest absolute Gasteiger partial charge is 0.231 e. The number of rotatable bonds is 1. The van der Waals surface area contributed by atoms with Gasteiger partial charge in [0.1, 0.15) is 28.8 Å². The molecule has 4 heteroatoms. The summed E-state index contributed by atoms with van der Waals surface area (Å²) >= 11 is 1.70. The van der Waals surface area contributed by atoms with Crippen LogP contribution in [-0.4, -0.2) is 10.2 Å². The van der Waals surface area contributed by atoms with E-state index in [9.17, 15) is 10.2 Å². The van der Waals surface area contributed by atoms with Gasteiger partial charge in [-0.2, -0.15) is 0 Å². The van der Waals surface area contributed by atoms with Gasteiger partial charge in [-0.3, -0.25) is 3.07 Å². The van der Waals surface area contributed by atoms with Crippen molar-refractivity contribution in [3.63, 3.8) is 0 Å². The second-order valence-corrected chi connectivity index (χ2v) is 4.44. The van der Waals surface area contributed by atoms with E-state index >= 15 is 0 Å². The average molecular weight is 340 g/mol. The van der Waals surface area contributed by atoms with Crippen molar-refractivity contribution < 1.29 is 13.3 Å². The molecule has 86 valence electrons. The highest BCUT2D eigenvalue weighted by molar-refractivity contribution is 14.1. The lowest BCUT2D eigenvalue weighted by atomic mass is 10.0. The zero-order valence-electron chi connectivity index (χ0n) is 8.72. The summed E-state index contributed by atoms with van der Waals surface area (Å²) in [5, 5.41) is 20.1. The predicted molar refractivity (Wildman–Crippen MR) is 71.6 cm³/mol. The first-order chi connectivity index (χ1) is 8.16. The minimum absolute atomic E-state index is 0.177. The van der Waals surface area contributed by atoms with Crippen LogP contribution in [0.4, 0.5) is 0 Å². The highest BCUT2D eigenvalue weighted by Gasteiger charge is 2.42. The summed E-state index contributed by atoms with van der Waals surface area (Å²) in [6.45, 7) is 0. The number of fused-ring (bicyclic) bond motifs is 3. The summed E-state index contributed by atoms with van der Waals surface area (Å²) in [6.07, 6.45) is 0. The number of aliphatic hydroxyl groups is 1. The first kappa shape index (κ1) is 11.0. The van der Waals surface area contributed by atoms with E-state index in [1.807, 2.05) is 24.3 Å². The maximum atomic E-state index is 10.6. The Morgan fingerprint density at radius 2 is 1.71 bits per heavy atom. The van der Waals surface area contributed by atoms with Crippen LogP contribution in [0.3, 0.4) is 0 Å². The molecule has 0 radical (unpaired) electrons. The van der Waals surface area contributed by atoms with E-state index in [1.54, 1.807) is 41.2 Å². The molecule has 1 aliphatic carbocycles. The van der Waals surface area contributed by atoms with Crippen LogP contribution in [0.15, 0.2) is 42.5 Å². The van der Waals surface area contributed by atoms with Gasteiger partial charge in [0.25, 0.3) is 0 Å². The molecule has 1 atom stereocenters. The third-order valence-corrected chi connectivity index (χ3v) is 3.70. The van der Waals surface area contributed by atoms with E-state index in [0.29, 0.717) is 11.1 Å². The Labute approximate surface area is 112 Å².